The summed E-state index contributed by atoms with van der Waals surface area (Å²) in [6.45, 7) is 6.21. The molecule has 6 heteroatoms. The van der Waals surface area contributed by atoms with Gasteiger partial charge in [-0.3, -0.25) is 9.59 Å². The molecule has 0 aromatic heterocycles. The van der Waals surface area contributed by atoms with Gasteiger partial charge in [0.1, 0.15) is 6.10 Å². The molecular formula is C60H101NO5. The molecule has 0 aliphatic heterocycles. The largest absolute Gasteiger partial charge is 0.462 e. The lowest BCUT2D eigenvalue weighted by atomic mass is 10.0. The molecule has 0 spiro atoms. The monoisotopic (exact) mass is 916 g/mol. The normalized spacial score (nSPS) is 14.1. The summed E-state index contributed by atoms with van der Waals surface area (Å²) >= 11 is 0. The highest BCUT2D eigenvalue weighted by atomic mass is 16.5. The first kappa shape index (κ1) is 62.5. The van der Waals surface area contributed by atoms with E-state index in [-0.39, 0.29) is 31.3 Å². The van der Waals surface area contributed by atoms with Crippen LogP contribution < -0.4 is 5.32 Å². The predicted octanol–water partition coefficient (Wildman–Crippen LogP) is 16.7. The molecule has 3 unspecified atom stereocenters. The van der Waals surface area contributed by atoms with E-state index in [0.717, 1.165) is 89.9 Å². The van der Waals surface area contributed by atoms with E-state index in [0.29, 0.717) is 19.3 Å². The van der Waals surface area contributed by atoms with Crippen molar-refractivity contribution in [1.29, 1.82) is 0 Å². The fourth-order valence-corrected chi connectivity index (χ4v) is 7.63. The summed E-state index contributed by atoms with van der Waals surface area (Å²) in [5.41, 5.74) is 0. The number of carbonyl (C=O) groups is 2. The fraction of sp³-hybridized carbons (Fsp3) is 0.667. The molecule has 0 aromatic carbocycles. The molecule has 66 heavy (non-hydrogen) atoms. The number of aliphatic hydroxyl groups is 2. The SMILES string of the molecule is CC/C=C\C/C=C\C/C=C\C/C=C\C/C=C\C/C=C\CCC(=O)OC(CCCCC\C=C/C=C/C=C/CC)CC(=O)NC(CO)C(O)CCCCCCCCCCCCCCCCCCC. The van der Waals surface area contributed by atoms with E-state index in [1.54, 1.807) is 0 Å². The first-order chi connectivity index (χ1) is 32.5. The first-order valence-corrected chi connectivity index (χ1v) is 27.1. The summed E-state index contributed by atoms with van der Waals surface area (Å²) in [7, 11) is 0. The van der Waals surface area contributed by atoms with Crippen LogP contribution in [0.3, 0.4) is 0 Å². The van der Waals surface area contributed by atoms with Crippen LogP contribution in [-0.4, -0.2) is 46.9 Å². The summed E-state index contributed by atoms with van der Waals surface area (Å²) in [6.07, 6.45) is 71.7. The minimum atomic E-state index is -0.816. The lowest BCUT2D eigenvalue weighted by molar-refractivity contribution is -0.150. The zero-order valence-electron chi connectivity index (χ0n) is 42.8. The van der Waals surface area contributed by atoms with Crippen LogP contribution in [0.5, 0.6) is 0 Å². The second-order valence-electron chi connectivity index (χ2n) is 17.9. The van der Waals surface area contributed by atoms with Gasteiger partial charge in [-0.25, -0.2) is 0 Å². The van der Waals surface area contributed by atoms with Crippen molar-refractivity contribution in [2.75, 3.05) is 6.61 Å². The Morgan fingerprint density at radius 2 is 0.894 bits per heavy atom. The third-order valence-corrected chi connectivity index (χ3v) is 11.7. The van der Waals surface area contributed by atoms with Crippen molar-refractivity contribution in [3.05, 3.63) is 109 Å². The lowest BCUT2D eigenvalue weighted by Crippen LogP contribution is -2.46. The van der Waals surface area contributed by atoms with Crippen molar-refractivity contribution >= 4 is 11.9 Å². The van der Waals surface area contributed by atoms with Gasteiger partial charge in [-0.1, -0.05) is 246 Å². The number of unbranched alkanes of at least 4 members (excludes halogenated alkanes) is 19. The second kappa shape index (κ2) is 52.5. The van der Waals surface area contributed by atoms with Gasteiger partial charge in [-0.05, 0) is 83.5 Å². The average molecular weight is 916 g/mol. The third-order valence-electron chi connectivity index (χ3n) is 11.7. The number of ether oxygens (including phenoxy) is 1. The molecule has 0 radical (unpaired) electrons. The van der Waals surface area contributed by atoms with Gasteiger partial charge in [-0.15, -0.1) is 0 Å². The van der Waals surface area contributed by atoms with E-state index in [1.807, 2.05) is 18.2 Å². The summed E-state index contributed by atoms with van der Waals surface area (Å²) in [4.78, 5) is 26.1. The maximum absolute atomic E-state index is 13.2. The number of rotatable bonds is 47. The van der Waals surface area contributed by atoms with E-state index in [4.69, 9.17) is 4.74 Å². The Bertz CT molecular complexity index is 1350. The molecule has 376 valence electrons. The van der Waals surface area contributed by atoms with Crippen LogP contribution in [0.15, 0.2) is 109 Å². The lowest BCUT2D eigenvalue weighted by Gasteiger charge is -2.24. The van der Waals surface area contributed by atoms with Gasteiger partial charge in [0.05, 0.1) is 25.2 Å². The number of allylic oxidation sites excluding steroid dienone is 18. The van der Waals surface area contributed by atoms with Crippen LogP contribution in [0.1, 0.15) is 233 Å². The van der Waals surface area contributed by atoms with Gasteiger partial charge in [-0.2, -0.15) is 0 Å². The number of nitrogens with one attached hydrogen (secondary N) is 1. The van der Waals surface area contributed by atoms with Crippen LogP contribution in [0, 0.1) is 0 Å². The van der Waals surface area contributed by atoms with Crippen LogP contribution in [0.2, 0.25) is 0 Å². The Hall–Kier alpha value is -3.48. The van der Waals surface area contributed by atoms with Gasteiger partial charge in [0, 0.05) is 6.42 Å². The van der Waals surface area contributed by atoms with Crippen molar-refractivity contribution in [1.82, 2.24) is 5.32 Å². The van der Waals surface area contributed by atoms with Gasteiger partial charge in [0.2, 0.25) is 5.91 Å². The Labute approximate surface area is 407 Å². The summed E-state index contributed by atoms with van der Waals surface area (Å²) in [5.74, 6) is -0.617. The molecule has 0 saturated heterocycles. The van der Waals surface area contributed by atoms with E-state index in [1.165, 1.54) is 89.9 Å². The molecule has 0 aliphatic rings. The molecule has 6 nitrogen and oxygen atoms in total. The fourth-order valence-electron chi connectivity index (χ4n) is 7.63. The quantitative estimate of drug-likeness (QED) is 0.0245. The summed E-state index contributed by atoms with van der Waals surface area (Å²) in [5, 5.41) is 23.8. The van der Waals surface area contributed by atoms with Crippen LogP contribution >= 0.6 is 0 Å². The maximum Gasteiger partial charge on any atom is 0.306 e. The van der Waals surface area contributed by atoms with Crippen molar-refractivity contribution in [3.8, 4) is 0 Å². The van der Waals surface area contributed by atoms with Gasteiger partial charge >= 0.3 is 5.97 Å². The minimum absolute atomic E-state index is 0.0178. The molecule has 0 saturated carbocycles. The van der Waals surface area contributed by atoms with Gasteiger partial charge < -0.3 is 20.3 Å². The minimum Gasteiger partial charge on any atom is -0.462 e. The summed E-state index contributed by atoms with van der Waals surface area (Å²) in [6, 6.07) is -0.735. The van der Waals surface area contributed by atoms with Crippen LogP contribution in [0.4, 0.5) is 0 Å². The molecule has 0 heterocycles. The molecule has 3 atom stereocenters. The maximum atomic E-state index is 13.2. The van der Waals surface area contributed by atoms with Gasteiger partial charge in [0.25, 0.3) is 0 Å². The number of hydrogen-bond acceptors (Lipinski definition) is 5. The third kappa shape index (κ3) is 47.0. The van der Waals surface area contributed by atoms with Crippen molar-refractivity contribution in [2.45, 2.75) is 251 Å². The highest BCUT2D eigenvalue weighted by molar-refractivity contribution is 5.77. The molecule has 0 aliphatic carbocycles. The second-order valence-corrected chi connectivity index (χ2v) is 17.9. The number of aliphatic hydroxyl groups excluding tert-OH is 2. The van der Waals surface area contributed by atoms with E-state index in [2.05, 4.69) is 117 Å². The summed E-state index contributed by atoms with van der Waals surface area (Å²) < 4.78 is 5.87. The van der Waals surface area contributed by atoms with Crippen molar-refractivity contribution in [2.24, 2.45) is 0 Å². The first-order valence-electron chi connectivity index (χ1n) is 27.1. The molecule has 0 rings (SSSR count). The van der Waals surface area contributed by atoms with Gasteiger partial charge in [0.15, 0.2) is 0 Å². The van der Waals surface area contributed by atoms with E-state index < -0.39 is 18.2 Å². The molecule has 3 N–H and O–H groups in total. The van der Waals surface area contributed by atoms with Crippen LogP contribution in [0.25, 0.3) is 0 Å². The Kier molecular flexibility index (Phi) is 49.7. The number of amides is 1. The highest BCUT2D eigenvalue weighted by Crippen LogP contribution is 2.17. The Morgan fingerprint density at radius 1 is 0.470 bits per heavy atom. The molecule has 0 aromatic rings. The zero-order chi connectivity index (χ0) is 48.1. The Balaban J connectivity index is 4.63. The highest BCUT2D eigenvalue weighted by Gasteiger charge is 2.24. The van der Waals surface area contributed by atoms with Crippen molar-refractivity contribution < 1.29 is 24.5 Å². The zero-order valence-corrected chi connectivity index (χ0v) is 42.8. The van der Waals surface area contributed by atoms with Crippen LogP contribution in [-0.2, 0) is 14.3 Å². The smallest absolute Gasteiger partial charge is 0.306 e. The van der Waals surface area contributed by atoms with Crippen molar-refractivity contribution in [3.63, 3.8) is 0 Å². The predicted molar refractivity (Wildman–Crippen MR) is 287 cm³/mol. The standard InChI is InChI=1S/C60H101NO5/c1-4-7-10-13-16-19-22-24-26-28-29-31-33-35-38-41-44-47-50-53-60(65)66-56(51-48-45-42-39-36-21-18-15-12-9-6-3)54-59(64)61-57(55-62)58(63)52-49-46-43-40-37-34-32-30-27-25-23-20-17-14-11-8-5-2/h7,9-10,12,15-16,18-19,21,24,26,29,31,35-36,38,44,47,56-58,62-63H,4-6,8,11,13-14,17,20,22-23,25,27-28,30,32-34,37,39-43,45-46,48-55H2,1-3H3,(H,61,64)/b10-7-,12-9+,18-15+,19-16-,26-24-,31-29-,36-21-,38-35-,47-44-. The molecule has 0 fully saturated rings. The topological polar surface area (TPSA) is 95.9 Å². The van der Waals surface area contributed by atoms with E-state index in [9.17, 15) is 19.8 Å². The molecular weight excluding hydrogens is 815 g/mol. The number of hydrogen-bond donors (Lipinski definition) is 3. The molecule has 1 amide bonds. The average Bonchev–Trinajstić information content (AvgIpc) is 3.31. The number of carbonyl (C=O) groups excluding carboxylic acids is 2. The molecule has 0 bridgehead atoms. The number of esters is 1. The van der Waals surface area contributed by atoms with E-state index >= 15 is 0 Å². The Morgan fingerprint density at radius 3 is 1.38 bits per heavy atom.